The van der Waals surface area contributed by atoms with E-state index in [1.54, 1.807) is 0 Å². The predicted molar refractivity (Wildman–Crippen MR) is 71.9 cm³/mol. The standard InChI is InChI=1S/C14H17N3/c1-11-6-7-14(13(15)9-11)17(2)10-12-5-3-4-8-16-12/h3-9H,10,15H2,1-2H3. The number of hydrogen-bond acceptors (Lipinski definition) is 3. The van der Waals surface area contributed by atoms with Crippen molar-refractivity contribution >= 4 is 11.4 Å². The Balaban J connectivity index is 2.17. The topological polar surface area (TPSA) is 42.2 Å². The van der Waals surface area contributed by atoms with Gasteiger partial charge in [-0.1, -0.05) is 12.1 Å². The zero-order valence-electron chi connectivity index (χ0n) is 10.2. The Morgan fingerprint density at radius 3 is 2.71 bits per heavy atom. The fraction of sp³-hybridized carbons (Fsp3) is 0.214. The summed E-state index contributed by atoms with van der Waals surface area (Å²) in [7, 11) is 2.02. The van der Waals surface area contributed by atoms with E-state index in [2.05, 4.69) is 16.0 Å². The van der Waals surface area contributed by atoms with Crippen LogP contribution in [0.1, 0.15) is 11.3 Å². The molecule has 0 spiro atoms. The second kappa shape index (κ2) is 4.87. The van der Waals surface area contributed by atoms with E-state index in [9.17, 15) is 0 Å². The van der Waals surface area contributed by atoms with Crippen molar-refractivity contribution < 1.29 is 0 Å². The highest BCUT2D eigenvalue weighted by molar-refractivity contribution is 5.68. The molecule has 1 aromatic carbocycles. The van der Waals surface area contributed by atoms with Gasteiger partial charge in [0, 0.05) is 13.2 Å². The van der Waals surface area contributed by atoms with Gasteiger partial charge in [0.1, 0.15) is 0 Å². The average molecular weight is 227 g/mol. The molecule has 0 amide bonds. The minimum absolute atomic E-state index is 0.758. The summed E-state index contributed by atoms with van der Waals surface area (Å²) < 4.78 is 0. The third-order valence-corrected chi connectivity index (χ3v) is 2.72. The van der Waals surface area contributed by atoms with Crippen molar-refractivity contribution in [3.8, 4) is 0 Å². The largest absolute Gasteiger partial charge is 0.397 e. The van der Waals surface area contributed by atoms with E-state index < -0.39 is 0 Å². The summed E-state index contributed by atoms with van der Waals surface area (Å²) in [4.78, 5) is 6.42. The van der Waals surface area contributed by atoms with Crippen LogP contribution in [0, 0.1) is 6.92 Å². The van der Waals surface area contributed by atoms with Gasteiger partial charge in [-0.2, -0.15) is 0 Å². The zero-order valence-corrected chi connectivity index (χ0v) is 10.2. The normalized spacial score (nSPS) is 10.2. The van der Waals surface area contributed by atoms with Gasteiger partial charge in [-0.15, -0.1) is 0 Å². The van der Waals surface area contributed by atoms with Crippen LogP contribution in [0.4, 0.5) is 11.4 Å². The average Bonchev–Trinajstić information content (AvgIpc) is 2.30. The monoisotopic (exact) mass is 227 g/mol. The lowest BCUT2D eigenvalue weighted by Gasteiger charge is -2.20. The van der Waals surface area contributed by atoms with E-state index in [1.807, 2.05) is 50.5 Å². The van der Waals surface area contributed by atoms with E-state index in [0.29, 0.717) is 0 Å². The first-order valence-corrected chi connectivity index (χ1v) is 5.64. The number of anilines is 2. The van der Waals surface area contributed by atoms with Gasteiger partial charge in [-0.25, -0.2) is 0 Å². The van der Waals surface area contributed by atoms with E-state index in [4.69, 9.17) is 5.73 Å². The highest BCUT2D eigenvalue weighted by Gasteiger charge is 2.06. The summed E-state index contributed by atoms with van der Waals surface area (Å²) in [6, 6.07) is 12.0. The number of nitrogens with two attached hydrogens (primary N) is 1. The Bertz CT molecular complexity index is 494. The van der Waals surface area contributed by atoms with Crippen LogP contribution >= 0.6 is 0 Å². The van der Waals surface area contributed by atoms with E-state index in [-0.39, 0.29) is 0 Å². The second-order valence-corrected chi connectivity index (χ2v) is 4.24. The maximum Gasteiger partial charge on any atom is 0.0601 e. The molecule has 0 atom stereocenters. The number of nitrogen functional groups attached to an aromatic ring is 1. The molecular weight excluding hydrogens is 210 g/mol. The summed E-state index contributed by atoms with van der Waals surface area (Å²) in [5.41, 5.74) is 10.1. The van der Waals surface area contributed by atoms with Crippen molar-refractivity contribution in [3.63, 3.8) is 0 Å². The molecule has 88 valence electrons. The number of benzene rings is 1. The smallest absolute Gasteiger partial charge is 0.0601 e. The van der Waals surface area contributed by atoms with Crippen molar-refractivity contribution in [2.75, 3.05) is 17.7 Å². The Labute approximate surface area is 102 Å². The molecule has 0 saturated heterocycles. The lowest BCUT2D eigenvalue weighted by molar-refractivity contribution is 0.886. The van der Waals surface area contributed by atoms with Gasteiger partial charge in [0.05, 0.1) is 23.6 Å². The quantitative estimate of drug-likeness (QED) is 0.819. The number of aryl methyl sites for hydroxylation is 1. The molecule has 1 heterocycles. The number of rotatable bonds is 3. The third kappa shape index (κ3) is 2.75. The van der Waals surface area contributed by atoms with Crippen LogP contribution in [0.25, 0.3) is 0 Å². The van der Waals surface area contributed by atoms with Crippen molar-refractivity contribution in [1.82, 2.24) is 4.98 Å². The molecule has 3 nitrogen and oxygen atoms in total. The maximum absolute atomic E-state index is 6.01. The Morgan fingerprint density at radius 1 is 1.24 bits per heavy atom. The van der Waals surface area contributed by atoms with Crippen molar-refractivity contribution in [2.24, 2.45) is 0 Å². The molecular formula is C14H17N3. The molecule has 17 heavy (non-hydrogen) atoms. The summed E-state index contributed by atoms with van der Waals surface area (Å²) in [5.74, 6) is 0. The zero-order chi connectivity index (χ0) is 12.3. The van der Waals surface area contributed by atoms with Crippen LogP contribution in [0.3, 0.4) is 0 Å². The molecule has 0 radical (unpaired) electrons. The van der Waals surface area contributed by atoms with Gasteiger partial charge < -0.3 is 10.6 Å². The third-order valence-electron chi connectivity index (χ3n) is 2.72. The minimum Gasteiger partial charge on any atom is -0.397 e. The lowest BCUT2D eigenvalue weighted by Crippen LogP contribution is -2.18. The van der Waals surface area contributed by atoms with Crippen LogP contribution in [0.5, 0.6) is 0 Å². The van der Waals surface area contributed by atoms with Crippen molar-refractivity contribution in [2.45, 2.75) is 13.5 Å². The molecule has 3 heteroatoms. The molecule has 0 aliphatic heterocycles. The van der Waals surface area contributed by atoms with Gasteiger partial charge in [-0.3, -0.25) is 4.98 Å². The first-order valence-electron chi connectivity index (χ1n) is 5.64. The van der Waals surface area contributed by atoms with Crippen LogP contribution in [-0.2, 0) is 6.54 Å². The van der Waals surface area contributed by atoms with E-state index in [0.717, 1.165) is 23.6 Å². The summed E-state index contributed by atoms with van der Waals surface area (Å²) in [6.45, 7) is 2.80. The number of hydrogen-bond donors (Lipinski definition) is 1. The van der Waals surface area contributed by atoms with Gasteiger partial charge in [0.15, 0.2) is 0 Å². The Morgan fingerprint density at radius 2 is 2.06 bits per heavy atom. The highest BCUT2D eigenvalue weighted by atomic mass is 15.1. The highest BCUT2D eigenvalue weighted by Crippen LogP contribution is 2.24. The number of aromatic nitrogens is 1. The molecule has 0 saturated carbocycles. The molecule has 1 aromatic heterocycles. The van der Waals surface area contributed by atoms with Crippen LogP contribution in [0.15, 0.2) is 42.6 Å². The molecule has 2 N–H and O–H groups in total. The number of nitrogens with zero attached hydrogens (tertiary/aromatic N) is 2. The molecule has 0 unspecified atom stereocenters. The first kappa shape index (κ1) is 11.5. The van der Waals surface area contributed by atoms with Gasteiger partial charge in [-0.05, 0) is 36.8 Å². The molecule has 0 bridgehead atoms. The second-order valence-electron chi connectivity index (χ2n) is 4.24. The first-order chi connectivity index (χ1) is 8.16. The van der Waals surface area contributed by atoms with Gasteiger partial charge in [0.25, 0.3) is 0 Å². The SMILES string of the molecule is Cc1ccc(N(C)Cc2ccccn2)c(N)c1. The fourth-order valence-corrected chi connectivity index (χ4v) is 1.84. The predicted octanol–water partition coefficient (Wildman–Crippen LogP) is 2.61. The summed E-state index contributed by atoms with van der Waals surface area (Å²) in [6.07, 6.45) is 1.81. The van der Waals surface area contributed by atoms with Gasteiger partial charge in [0.2, 0.25) is 0 Å². The summed E-state index contributed by atoms with van der Waals surface area (Å²) >= 11 is 0. The van der Waals surface area contributed by atoms with E-state index in [1.165, 1.54) is 5.56 Å². The van der Waals surface area contributed by atoms with Gasteiger partial charge >= 0.3 is 0 Å². The minimum atomic E-state index is 0.758. The van der Waals surface area contributed by atoms with Crippen molar-refractivity contribution in [3.05, 3.63) is 53.9 Å². The number of pyridine rings is 1. The van der Waals surface area contributed by atoms with Crippen LogP contribution < -0.4 is 10.6 Å². The molecule has 2 aromatic rings. The summed E-state index contributed by atoms with van der Waals surface area (Å²) in [5, 5.41) is 0. The van der Waals surface area contributed by atoms with Crippen LogP contribution in [0.2, 0.25) is 0 Å². The maximum atomic E-state index is 6.01. The lowest BCUT2D eigenvalue weighted by atomic mass is 10.2. The van der Waals surface area contributed by atoms with Crippen LogP contribution in [-0.4, -0.2) is 12.0 Å². The Hall–Kier alpha value is -2.03. The molecule has 0 aliphatic rings. The fourth-order valence-electron chi connectivity index (χ4n) is 1.84. The Kier molecular flexibility index (Phi) is 3.28. The molecule has 0 fully saturated rings. The van der Waals surface area contributed by atoms with E-state index >= 15 is 0 Å². The van der Waals surface area contributed by atoms with Crippen molar-refractivity contribution in [1.29, 1.82) is 0 Å². The molecule has 0 aliphatic carbocycles. The molecule has 2 rings (SSSR count).